The van der Waals surface area contributed by atoms with E-state index in [0.717, 1.165) is 5.56 Å². The zero-order valence-electron chi connectivity index (χ0n) is 18.3. The van der Waals surface area contributed by atoms with Crippen molar-refractivity contribution in [2.75, 3.05) is 14.2 Å². The molecule has 8 nitrogen and oxygen atoms in total. The Bertz CT molecular complexity index is 900. The summed E-state index contributed by atoms with van der Waals surface area (Å²) in [5.41, 5.74) is 1.66. The molecular weight excluding hydrogens is 396 g/mol. The van der Waals surface area contributed by atoms with Gasteiger partial charge in [-0.1, -0.05) is 36.4 Å². The van der Waals surface area contributed by atoms with Crippen LogP contribution in [0.25, 0.3) is 0 Å². The van der Waals surface area contributed by atoms with Gasteiger partial charge in [0.2, 0.25) is 11.8 Å². The van der Waals surface area contributed by atoms with Gasteiger partial charge >= 0.3 is 0 Å². The van der Waals surface area contributed by atoms with E-state index in [-0.39, 0.29) is 30.2 Å². The van der Waals surface area contributed by atoms with E-state index < -0.39 is 6.04 Å². The molecule has 0 aromatic heterocycles. The zero-order valence-corrected chi connectivity index (χ0v) is 18.3. The normalized spacial score (nSPS) is 11.4. The molecule has 0 heterocycles. The van der Waals surface area contributed by atoms with Crippen molar-refractivity contribution in [3.05, 3.63) is 59.7 Å². The fraction of sp³-hybridized carbons (Fsp3) is 0.348. The Hall–Kier alpha value is -3.55. The van der Waals surface area contributed by atoms with Gasteiger partial charge in [-0.05, 0) is 37.1 Å². The molecule has 166 valence electrons. The minimum atomic E-state index is -0.696. The van der Waals surface area contributed by atoms with Crippen molar-refractivity contribution in [2.24, 2.45) is 0 Å². The average Bonchev–Trinajstić information content (AvgIpc) is 2.73. The number of hydrogen-bond donors (Lipinski definition) is 4. The molecule has 2 aromatic carbocycles. The highest BCUT2D eigenvalue weighted by molar-refractivity contribution is 5.98. The number of hydrogen-bond acceptors (Lipinski definition) is 5. The maximum atomic E-state index is 12.6. The first-order valence-corrected chi connectivity index (χ1v) is 10.0. The van der Waals surface area contributed by atoms with Crippen LogP contribution in [0.4, 0.5) is 0 Å². The lowest BCUT2D eigenvalue weighted by Crippen LogP contribution is -2.53. The summed E-state index contributed by atoms with van der Waals surface area (Å²) in [7, 11) is 3.06. The summed E-state index contributed by atoms with van der Waals surface area (Å²) in [4.78, 5) is 25.0. The molecule has 1 atom stereocenters. The summed E-state index contributed by atoms with van der Waals surface area (Å²) in [6.45, 7) is 3.74. The number of methoxy groups -OCH3 is 2. The van der Waals surface area contributed by atoms with E-state index in [9.17, 15) is 9.59 Å². The highest BCUT2D eigenvalue weighted by Crippen LogP contribution is 2.27. The van der Waals surface area contributed by atoms with Crippen LogP contribution in [0.3, 0.4) is 0 Å². The van der Waals surface area contributed by atoms with E-state index in [4.69, 9.17) is 14.9 Å². The lowest BCUT2D eigenvalue weighted by atomic mass is 10.1. The number of guanidine groups is 1. The highest BCUT2D eigenvalue weighted by Gasteiger charge is 2.21. The molecule has 4 N–H and O–H groups in total. The van der Waals surface area contributed by atoms with Gasteiger partial charge in [0.25, 0.3) is 0 Å². The topological polar surface area (TPSA) is 113 Å². The molecule has 0 aliphatic heterocycles. The second-order valence-corrected chi connectivity index (χ2v) is 7.34. The van der Waals surface area contributed by atoms with Crippen molar-refractivity contribution in [1.82, 2.24) is 16.0 Å². The average molecular weight is 427 g/mol. The number of nitrogens with one attached hydrogen (secondary N) is 4. The highest BCUT2D eigenvalue weighted by atomic mass is 16.5. The van der Waals surface area contributed by atoms with E-state index in [0.29, 0.717) is 23.5 Å². The fourth-order valence-corrected chi connectivity index (χ4v) is 3.01. The Morgan fingerprint density at radius 1 is 0.935 bits per heavy atom. The molecule has 2 rings (SSSR count). The maximum absolute atomic E-state index is 12.6. The number of rotatable bonds is 9. The van der Waals surface area contributed by atoms with Crippen LogP contribution in [0.1, 0.15) is 25.0 Å². The van der Waals surface area contributed by atoms with E-state index in [2.05, 4.69) is 16.0 Å². The van der Waals surface area contributed by atoms with Gasteiger partial charge < -0.3 is 20.1 Å². The molecule has 0 saturated heterocycles. The lowest BCUT2D eigenvalue weighted by Gasteiger charge is -2.21. The number of ether oxygens (including phenoxy) is 2. The van der Waals surface area contributed by atoms with Crippen LogP contribution in [0.15, 0.2) is 48.5 Å². The number of carbonyl (C=O) groups excluding carboxylic acids is 2. The Morgan fingerprint density at radius 3 is 2.23 bits per heavy atom. The zero-order chi connectivity index (χ0) is 22.8. The molecule has 2 aromatic rings. The predicted octanol–water partition coefficient (Wildman–Crippen LogP) is 2.02. The quantitative estimate of drug-likeness (QED) is 0.362. The second kappa shape index (κ2) is 11.6. The summed E-state index contributed by atoms with van der Waals surface area (Å²) in [5, 5.41) is 16.3. The standard InChI is InChI=1S/C23H30N4O4/c1-15(2)25-22(29)18(12-16-8-6-5-7-9-16)26-23(24)27-21(28)14-17-10-11-19(30-3)20(13-17)31-4/h5-11,13,15,18H,12,14H2,1-4H3,(H,25,29)(H3,24,26,27,28)/t18-/m1/s1. The molecule has 0 spiro atoms. The first-order chi connectivity index (χ1) is 14.8. The minimum absolute atomic E-state index is 0.0404. The first kappa shape index (κ1) is 23.7. The molecule has 0 radical (unpaired) electrons. The maximum Gasteiger partial charge on any atom is 0.243 e. The molecule has 0 aliphatic rings. The molecule has 8 heteroatoms. The van der Waals surface area contributed by atoms with Crippen molar-refractivity contribution in [3.63, 3.8) is 0 Å². The Balaban J connectivity index is 2.00. The molecule has 0 bridgehead atoms. The monoisotopic (exact) mass is 426 g/mol. The van der Waals surface area contributed by atoms with Crippen molar-refractivity contribution in [2.45, 2.75) is 38.8 Å². The Morgan fingerprint density at radius 2 is 1.61 bits per heavy atom. The van der Waals surface area contributed by atoms with Gasteiger partial charge in [-0.3, -0.25) is 20.3 Å². The number of benzene rings is 2. The van der Waals surface area contributed by atoms with Gasteiger partial charge in [0.15, 0.2) is 17.5 Å². The summed E-state index contributed by atoms with van der Waals surface area (Å²) >= 11 is 0. The molecular formula is C23H30N4O4. The molecule has 0 fully saturated rings. The Labute approximate surface area is 182 Å². The molecule has 0 unspecified atom stereocenters. The van der Waals surface area contributed by atoms with Crippen molar-refractivity contribution < 1.29 is 19.1 Å². The summed E-state index contributed by atoms with van der Waals surface area (Å²) < 4.78 is 10.4. The molecule has 2 amide bonds. The molecule has 31 heavy (non-hydrogen) atoms. The summed E-state index contributed by atoms with van der Waals surface area (Å²) in [6, 6.07) is 14.0. The van der Waals surface area contributed by atoms with Crippen LogP contribution < -0.4 is 25.4 Å². The SMILES string of the molecule is COc1ccc(CC(=O)NC(=N)N[C@H](Cc2ccccc2)C(=O)NC(C)C)cc1OC. The predicted molar refractivity (Wildman–Crippen MR) is 119 cm³/mol. The van der Waals surface area contributed by atoms with Gasteiger partial charge in [0, 0.05) is 12.5 Å². The van der Waals surface area contributed by atoms with E-state index in [1.54, 1.807) is 25.3 Å². The molecule has 0 aliphatic carbocycles. The van der Waals surface area contributed by atoms with Gasteiger partial charge in [-0.2, -0.15) is 0 Å². The van der Waals surface area contributed by atoms with Gasteiger partial charge in [-0.15, -0.1) is 0 Å². The Kier molecular flexibility index (Phi) is 8.87. The van der Waals surface area contributed by atoms with Crippen molar-refractivity contribution in [1.29, 1.82) is 5.41 Å². The van der Waals surface area contributed by atoms with Crippen molar-refractivity contribution >= 4 is 17.8 Å². The lowest BCUT2D eigenvalue weighted by molar-refractivity contribution is -0.123. The third kappa shape index (κ3) is 7.65. The van der Waals surface area contributed by atoms with Crippen LogP contribution in [0, 0.1) is 5.41 Å². The smallest absolute Gasteiger partial charge is 0.243 e. The third-order valence-corrected chi connectivity index (χ3v) is 4.43. The van der Waals surface area contributed by atoms with E-state index in [1.165, 1.54) is 7.11 Å². The van der Waals surface area contributed by atoms with Crippen LogP contribution in [0.5, 0.6) is 11.5 Å². The van der Waals surface area contributed by atoms with Gasteiger partial charge in [0.1, 0.15) is 6.04 Å². The van der Waals surface area contributed by atoms with Gasteiger partial charge in [-0.25, -0.2) is 0 Å². The fourth-order valence-electron chi connectivity index (χ4n) is 3.01. The molecule has 0 saturated carbocycles. The second-order valence-electron chi connectivity index (χ2n) is 7.34. The number of carbonyl (C=O) groups is 2. The van der Waals surface area contributed by atoms with Crippen LogP contribution in [0.2, 0.25) is 0 Å². The van der Waals surface area contributed by atoms with Crippen LogP contribution in [-0.2, 0) is 22.4 Å². The minimum Gasteiger partial charge on any atom is -0.493 e. The van der Waals surface area contributed by atoms with E-state index in [1.807, 2.05) is 44.2 Å². The van der Waals surface area contributed by atoms with Gasteiger partial charge in [0.05, 0.1) is 20.6 Å². The van der Waals surface area contributed by atoms with E-state index >= 15 is 0 Å². The number of amides is 2. The largest absolute Gasteiger partial charge is 0.493 e. The van der Waals surface area contributed by atoms with Crippen LogP contribution >= 0.6 is 0 Å². The van der Waals surface area contributed by atoms with Crippen molar-refractivity contribution in [3.8, 4) is 11.5 Å². The summed E-state index contributed by atoms with van der Waals surface area (Å²) in [6.07, 6.45) is 0.430. The third-order valence-electron chi connectivity index (χ3n) is 4.43. The summed E-state index contributed by atoms with van der Waals surface area (Å²) in [5.74, 6) is 0.241. The first-order valence-electron chi connectivity index (χ1n) is 10.0. The van der Waals surface area contributed by atoms with Crippen LogP contribution in [-0.4, -0.2) is 44.1 Å².